The minimum Gasteiger partial charge on any atom is -0.488 e. The number of rotatable bonds is 5. The van der Waals surface area contributed by atoms with Gasteiger partial charge in [0.15, 0.2) is 0 Å². The smallest absolute Gasteiger partial charge is 0.232 e. The molecule has 2 aliphatic rings. The topological polar surface area (TPSA) is 72.9 Å². The van der Waals surface area contributed by atoms with Crippen molar-refractivity contribution in [3.05, 3.63) is 24.3 Å². The Bertz CT molecular complexity index is 702. The van der Waals surface area contributed by atoms with E-state index in [0.717, 1.165) is 12.8 Å². The minimum absolute atomic E-state index is 0.0663. The summed E-state index contributed by atoms with van der Waals surface area (Å²) in [6, 6.07) is 7.36. The predicted molar refractivity (Wildman–Crippen MR) is 91.0 cm³/mol. The lowest BCUT2D eigenvalue weighted by Crippen LogP contribution is -2.29. The van der Waals surface area contributed by atoms with E-state index >= 15 is 0 Å². The first-order valence-corrected chi connectivity index (χ1v) is 10.5. The Labute approximate surface area is 146 Å². The lowest BCUT2D eigenvalue weighted by molar-refractivity contribution is -0.117. The van der Waals surface area contributed by atoms with Crippen molar-refractivity contribution in [2.75, 3.05) is 30.4 Å². The number of hydrogen-bond acceptors (Lipinski definition) is 5. The van der Waals surface area contributed by atoms with E-state index in [0.29, 0.717) is 31.2 Å². The third-order valence-corrected chi connectivity index (χ3v) is 5.51. The summed E-state index contributed by atoms with van der Waals surface area (Å²) in [5.74, 6) is 0.0476. The fraction of sp³-hybridized carbons (Fsp3) is 0.562. The molecule has 0 saturated carbocycles. The summed E-state index contributed by atoms with van der Waals surface area (Å²) in [5, 5.41) is 0. The van der Waals surface area contributed by atoms with Crippen LogP contribution in [0.2, 0.25) is 0 Å². The molecule has 1 aromatic rings. The van der Waals surface area contributed by atoms with Crippen LogP contribution < -0.4 is 9.64 Å². The molecule has 1 unspecified atom stereocenters. The number of carbonyl (C=O) groups is 1. The zero-order valence-electron chi connectivity index (χ0n) is 13.2. The molecule has 24 heavy (non-hydrogen) atoms. The van der Waals surface area contributed by atoms with Crippen LogP contribution in [0.15, 0.2) is 24.3 Å². The first kappa shape index (κ1) is 17.5. The maximum absolute atomic E-state index is 12.3. The van der Waals surface area contributed by atoms with E-state index in [9.17, 15) is 13.2 Å². The molecule has 1 amide bonds. The molecule has 0 aromatic heterocycles. The van der Waals surface area contributed by atoms with Crippen molar-refractivity contribution in [1.82, 2.24) is 0 Å². The SMILES string of the molecule is O=C1CC(CS(=O)(=O)Cl)CN1c1ccccc1OC1CCOCC1. The number of ether oxygens (including phenoxy) is 2. The second-order valence-electron chi connectivity index (χ2n) is 6.18. The monoisotopic (exact) mass is 373 g/mol. The molecule has 0 N–H and O–H groups in total. The third-order valence-electron chi connectivity index (χ3n) is 4.26. The molecule has 0 radical (unpaired) electrons. The zero-order chi connectivity index (χ0) is 17.2. The highest BCUT2D eigenvalue weighted by molar-refractivity contribution is 8.13. The largest absolute Gasteiger partial charge is 0.488 e. The highest BCUT2D eigenvalue weighted by Gasteiger charge is 2.34. The van der Waals surface area contributed by atoms with Gasteiger partial charge in [0.25, 0.3) is 0 Å². The Balaban J connectivity index is 1.75. The molecule has 6 nitrogen and oxygen atoms in total. The average Bonchev–Trinajstić information content (AvgIpc) is 2.87. The van der Waals surface area contributed by atoms with Crippen molar-refractivity contribution in [3.63, 3.8) is 0 Å². The van der Waals surface area contributed by atoms with Gasteiger partial charge in [-0.3, -0.25) is 4.79 Å². The number of amides is 1. The second kappa shape index (κ2) is 7.29. The van der Waals surface area contributed by atoms with E-state index in [1.165, 1.54) is 0 Å². The number of para-hydroxylation sites is 2. The molecule has 3 rings (SSSR count). The number of carbonyl (C=O) groups excluding carboxylic acids is 1. The van der Waals surface area contributed by atoms with Crippen molar-refractivity contribution in [2.45, 2.75) is 25.4 Å². The lowest BCUT2D eigenvalue weighted by atomic mass is 10.1. The van der Waals surface area contributed by atoms with Gasteiger partial charge in [0.1, 0.15) is 11.9 Å². The standard InChI is InChI=1S/C16H20ClNO5S/c17-24(20,21)11-12-9-16(19)18(10-12)14-3-1-2-4-15(14)23-13-5-7-22-8-6-13/h1-4,12-13H,5-11H2. The molecule has 8 heteroatoms. The molecule has 2 heterocycles. The Hall–Kier alpha value is -1.31. The highest BCUT2D eigenvalue weighted by atomic mass is 35.7. The predicted octanol–water partition coefficient (Wildman–Crippen LogP) is 2.17. The summed E-state index contributed by atoms with van der Waals surface area (Å²) in [6.45, 7) is 1.68. The molecule has 2 aliphatic heterocycles. The van der Waals surface area contributed by atoms with Crippen LogP contribution in [0.3, 0.4) is 0 Å². The van der Waals surface area contributed by atoms with Crippen LogP contribution in [0, 0.1) is 5.92 Å². The van der Waals surface area contributed by atoms with Gasteiger partial charge in [0.05, 0.1) is 24.7 Å². The van der Waals surface area contributed by atoms with Gasteiger partial charge in [-0.1, -0.05) is 12.1 Å². The fourth-order valence-corrected chi connectivity index (χ4v) is 4.48. The maximum atomic E-state index is 12.3. The zero-order valence-corrected chi connectivity index (χ0v) is 14.8. The van der Waals surface area contributed by atoms with Gasteiger partial charge in [0.2, 0.25) is 15.0 Å². The quantitative estimate of drug-likeness (QED) is 0.739. The number of hydrogen-bond donors (Lipinski definition) is 0. The number of benzene rings is 1. The number of anilines is 1. The lowest BCUT2D eigenvalue weighted by Gasteiger charge is -2.26. The Kier molecular flexibility index (Phi) is 5.32. The van der Waals surface area contributed by atoms with Crippen molar-refractivity contribution in [2.24, 2.45) is 5.92 Å². The average molecular weight is 374 g/mol. The van der Waals surface area contributed by atoms with Crippen LogP contribution in [0.25, 0.3) is 0 Å². The van der Waals surface area contributed by atoms with Crippen molar-refractivity contribution >= 4 is 31.3 Å². The summed E-state index contributed by atoms with van der Waals surface area (Å²) in [6.07, 6.45) is 1.87. The van der Waals surface area contributed by atoms with Crippen LogP contribution in [0.4, 0.5) is 5.69 Å². The molecule has 2 fully saturated rings. The van der Waals surface area contributed by atoms with Gasteiger partial charge in [-0.2, -0.15) is 0 Å². The minimum atomic E-state index is -3.62. The van der Waals surface area contributed by atoms with Crippen LogP contribution in [0.1, 0.15) is 19.3 Å². The van der Waals surface area contributed by atoms with E-state index in [1.54, 1.807) is 4.90 Å². The molecule has 0 bridgehead atoms. The van der Waals surface area contributed by atoms with Gasteiger partial charge in [-0.05, 0) is 12.1 Å². The number of halogens is 1. The van der Waals surface area contributed by atoms with Crippen molar-refractivity contribution in [3.8, 4) is 5.75 Å². The van der Waals surface area contributed by atoms with E-state index in [2.05, 4.69) is 0 Å². The van der Waals surface area contributed by atoms with E-state index in [4.69, 9.17) is 20.2 Å². The Morgan fingerprint density at radius 1 is 1.25 bits per heavy atom. The van der Waals surface area contributed by atoms with E-state index in [1.807, 2.05) is 24.3 Å². The van der Waals surface area contributed by atoms with Crippen LogP contribution in [-0.2, 0) is 18.6 Å². The first-order valence-electron chi connectivity index (χ1n) is 7.98. The summed E-state index contributed by atoms with van der Waals surface area (Å²) < 4.78 is 33.9. The van der Waals surface area contributed by atoms with E-state index in [-0.39, 0.29) is 30.1 Å². The normalized spacial score (nSPS) is 22.8. The molecule has 0 spiro atoms. The Morgan fingerprint density at radius 2 is 1.96 bits per heavy atom. The summed E-state index contributed by atoms with van der Waals surface area (Å²) >= 11 is 0. The summed E-state index contributed by atoms with van der Waals surface area (Å²) in [7, 11) is 1.70. The maximum Gasteiger partial charge on any atom is 0.232 e. The first-order chi connectivity index (χ1) is 11.4. The molecule has 132 valence electrons. The van der Waals surface area contributed by atoms with Crippen LogP contribution in [-0.4, -0.2) is 45.9 Å². The highest BCUT2D eigenvalue weighted by Crippen LogP contribution is 2.35. The second-order valence-corrected chi connectivity index (χ2v) is 9.00. The van der Waals surface area contributed by atoms with Gasteiger partial charge in [0, 0.05) is 42.4 Å². The van der Waals surface area contributed by atoms with Crippen LogP contribution in [0.5, 0.6) is 5.75 Å². The fourth-order valence-electron chi connectivity index (χ4n) is 3.16. The van der Waals surface area contributed by atoms with E-state index < -0.39 is 9.05 Å². The molecule has 2 saturated heterocycles. The van der Waals surface area contributed by atoms with Gasteiger partial charge in [-0.25, -0.2) is 8.42 Å². The van der Waals surface area contributed by atoms with Crippen LogP contribution >= 0.6 is 10.7 Å². The van der Waals surface area contributed by atoms with Gasteiger partial charge < -0.3 is 14.4 Å². The molecule has 0 aliphatic carbocycles. The van der Waals surface area contributed by atoms with Gasteiger partial charge >= 0.3 is 0 Å². The third kappa shape index (κ3) is 4.40. The Morgan fingerprint density at radius 3 is 2.67 bits per heavy atom. The van der Waals surface area contributed by atoms with Crippen molar-refractivity contribution < 1.29 is 22.7 Å². The van der Waals surface area contributed by atoms with Crippen molar-refractivity contribution in [1.29, 1.82) is 0 Å². The summed E-state index contributed by atoms with van der Waals surface area (Å²) in [5.41, 5.74) is 0.684. The number of nitrogens with zero attached hydrogens (tertiary/aromatic N) is 1. The molecular formula is C16H20ClNO5S. The molecular weight excluding hydrogens is 354 g/mol. The van der Waals surface area contributed by atoms with Gasteiger partial charge in [-0.15, -0.1) is 0 Å². The molecule has 1 aromatic carbocycles. The molecule has 1 atom stereocenters. The summed E-state index contributed by atoms with van der Waals surface area (Å²) in [4.78, 5) is 13.9.